The van der Waals surface area contributed by atoms with Crippen molar-refractivity contribution >= 4 is 11.8 Å². The van der Waals surface area contributed by atoms with E-state index in [9.17, 15) is 14.0 Å². The fourth-order valence-electron chi connectivity index (χ4n) is 3.04. The molecular formula is C20H21FN2O3. The number of piperidine rings is 1. The summed E-state index contributed by atoms with van der Waals surface area (Å²) in [5.74, 6) is -0.261. The molecule has 0 bridgehead atoms. The van der Waals surface area contributed by atoms with Crippen molar-refractivity contribution in [1.29, 1.82) is 0 Å². The molecule has 1 saturated heterocycles. The van der Waals surface area contributed by atoms with Crippen molar-refractivity contribution in [2.24, 2.45) is 0 Å². The first-order valence-electron chi connectivity index (χ1n) is 8.57. The van der Waals surface area contributed by atoms with Crippen molar-refractivity contribution in [3.8, 4) is 5.75 Å². The Morgan fingerprint density at radius 3 is 2.35 bits per heavy atom. The first-order valence-corrected chi connectivity index (χ1v) is 8.57. The molecule has 0 unspecified atom stereocenters. The van der Waals surface area contributed by atoms with Gasteiger partial charge >= 0.3 is 0 Å². The van der Waals surface area contributed by atoms with Gasteiger partial charge in [-0.15, -0.1) is 0 Å². The lowest BCUT2D eigenvalue weighted by atomic mass is 10.0. The van der Waals surface area contributed by atoms with Gasteiger partial charge in [0.25, 0.3) is 11.8 Å². The number of nitrogens with zero attached hydrogens (tertiary/aromatic N) is 1. The summed E-state index contributed by atoms with van der Waals surface area (Å²) < 4.78 is 18.9. The van der Waals surface area contributed by atoms with Crippen LogP contribution in [0.2, 0.25) is 0 Å². The van der Waals surface area contributed by atoms with E-state index in [-0.39, 0.29) is 23.4 Å². The summed E-state index contributed by atoms with van der Waals surface area (Å²) in [6.07, 6.45) is 1.28. The first-order chi connectivity index (χ1) is 12.6. The van der Waals surface area contributed by atoms with Crippen LogP contribution in [0.15, 0.2) is 48.5 Å². The van der Waals surface area contributed by atoms with Gasteiger partial charge in [-0.2, -0.15) is 0 Å². The minimum Gasteiger partial charge on any atom is -0.497 e. The Balaban J connectivity index is 1.54. The van der Waals surface area contributed by atoms with Crippen LogP contribution < -0.4 is 10.1 Å². The molecule has 1 aliphatic rings. The van der Waals surface area contributed by atoms with Gasteiger partial charge in [-0.25, -0.2) is 4.39 Å². The highest BCUT2D eigenvalue weighted by Crippen LogP contribution is 2.17. The van der Waals surface area contributed by atoms with Crippen molar-refractivity contribution in [1.82, 2.24) is 10.2 Å². The molecule has 1 N–H and O–H groups in total. The fraction of sp³-hybridized carbons (Fsp3) is 0.300. The van der Waals surface area contributed by atoms with E-state index in [1.807, 2.05) is 0 Å². The monoisotopic (exact) mass is 356 g/mol. The topological polar surface area (TPSA) is 58.6 Å². The molecule has 2 aromatic rings. The minimum absolute atomic E-state index is 0.00530. The Kier molecular flexibility index (Phi) is 5.51. The molecule has 0 spiro atoms. The van der Waals surface area contributed by atoms with Crippen LogP contribution in [0.3, 0.4) is 0 Å². The standard InChI is InChI=1S/C20H21FN2O3/c1-26-16-8-6-14(7-9-16)19(24)22-15-10-12-23(13-11-15)20(25)17-4-2-3-5-18(17)21/h2-9,15H,10-13H2,1H3,(H,22,24). The number of hydrogen-bond donors (Lipinski definition) is 1. The van der Waals surface area contributed by atoms with Crippen LogP contribution in [-0.2, 0) is 0 Å². The lowest BCUT2D eigenvalue weighted by Crippen LogP contribution is -2.46. The predicted molar refractivity (Wildman–Crippen MR) is 95.8 cm³/mol. The van der Waals surface area contributed by atoms with Gasteiger partial charge in [0.05, 0.1) is 12.7 Å². The number of benzene rings is 2. The minimum atomic E-state index is -0.507. The summed E-state index contributed by atoms with van der Waals surface area (Å²) in [6, 6.07) is 12.9. The van der Waals surface area contributed by atoms with Crippen LogP contribution in [0, 0.1) is 5.82 Å². The summed E-state index contributed by atoms with van der Waals surface area (Å²) in [4.78, 5) is 26.4. The van der Waals surface area contributed by atoms with Crippen LogP contribution in [0.4, 0.5) is 4.39 Å². The number of carbonyl (C=O) groups is 2. The Labute approximate surface area is 151 Å². The molecule has 2 amide bonds. The van der Waals surface area contributed by atoms with Crippen LogP contribution in [-0.4, -0.2) is 43.0 Å². The third-order valence-corrected chi connectivity index (χ3v) is 4.57. The quantitative estimate of drug-likeness (QED) is 0.916. The predicted octanol–water partition coefficient (Wildman–Crippen LogP) is 2.87. The van der Waals surface area contributed by atoms with E-state index in [0.29, 0.717) is 37.2 Å². The molecule has 1 heterocycles. The maximum atomic E-state index is 13.8. The van der Waals surface area contributed by atoms with E-state index < -0.39 is 5.82 Å². The average Bonchev–Trinajstić information content (AvgIpc) is 2.68. The molecular weight excluding hydrogens is 335 g/mol. The number of hydrogen-bond acceptors (Lipinski definition) is 3. The second-order valence-electron chi connectivity index (χ2n) is 6.25. The van der Waals surface area contributed by atoms with E-state index in [0.717, 1.165) is 0 Å². The smallest absolute Gasteiger partial charge is 0.256 e. The number of ether oxygens (including phenoxy) is 1. The fourth-order valence-corrected chi connectivity index (χ4v) is 3.04. The molecule has 3 rings (SSSR count). The second kappa shape index (κ2) is 7.99. The van der Waals surface area contributed by atoms with Crippen LogP contribution in [0.25, 0.3) is 0 Å². The Morgan fingerprint density at radius 2 is 1.73 bits per heavy atom. The van der Waals surface area contributed by atoms with Gasteiger partial charge in [0, 0.05) is 24.7 Å². The Morgan fingerprint density at radius 1 is 1.08 bits per heavy atom. The molecule has 0 atom stereocenters. The Hall–Kier alpha value is -2.89. The van der Waals surface area contributed by atoms with Crippen LogP contribution in [0.5, 0.6) is 5.75 Å². The Bertz CT molecular complexity index is 784. The number of methoxy groups -OCH3 is 1. The number of likely N-dealkylation sites (tertiary alicyclic amines) is 1. The zero-order valence-corrected chi connectivity index (χ0v) is 14.6. The lowest BCUT2D eigenvalue weighted by Gasteiger charge is -2.32. The molecule has 136 valence electrons. The number of amides is 2. The highest BCUT2D eigenvalue weighted by molar-refractivity contribution is 5.95. The first kappa shape index (κ1) is 17.9. The average molecular weight is 356 g/mol. The number of halogens is 1. The highest BCUT2D eigenvalue weighted by atomic mass is 19.1. The van der Waals surface area contributed by atoms with E-state index >= 15 is 0 Å². The van der Waals surface area contributed by atoms with Crippen LogP contribution in [0.1, 0.15) is 33.6 Å². The van der Waals surface area contributed by atoms with Gasteiger partial charge in [-0.05, 0) is 49.2 Å². The number of rotatable bonds is 4. The van der Waals surface area contributed by atoms with Crippen molar-refractivity contribution in [2.45, 2.75) is 18.9 Å². The molecule has 0 aromatic heterocycles. The third kappa shape index (κ3) is 4.02. The van der Waals surface area contributed by atoms with Crippen molar-refractivity contribution in [3.63, 3.8) is 0 Å². The molecule has 6 heteroatoms. The highest BCUT2D eigenvalue weighted by Gasteiger charge is 2.26. The van der Waals surface area contributed by atoms with Crippen LogP contribution >= 0.6 is 0 Å². The lowest BCUT2D eigenvalue weighted by molar-refractivity contribution is 0.0693. The zero-order chi connectivity index (χ0) is 18.5. The summed E-state index contributed by atoms with van der Waals surface area (Å²) in [7, 11) is 1.57. The number of carbonyl (C=O) groups excluding carboxylic acids is 2. The molecule has 26 heavy (non-hydrogen) atoms. The number of nitrogens with one attached hydrogen (secondary N) is 1. The SMILES string of the molecule is COc1ccc(C(=O)NC2CCN(C(=O)c3ccccc3F)CC2)cc1. The molecule has 1 aliphatic heterocycles. The van der Waals surface area contributed by atoms with Gasteiger partial charge in [0.2, 0.25) is 0 Å². The van der Waals surface area contributed by atoms with Crippen molar-refractivity contribution < 1.29 is 18.7 Å². The van der Waals surface area contributed by atoms with Crippen molar-refractivity contribution in [2.75, 3.05) is 20.2 Å². The molecule has 5 nitrogen and oxygen atoms in total. The van der Waals surface area contributed by atoms with Gasteiger partial charge in [-0.3, -0.25) is 9.59 Å². The molecule has 0 aliphatic carbocycles. The van der Waals surface area contributed by atoms with Gasteiger partial charge < -0.3 is 15.0 Å². The summed E-state index contributed by atoms with van der Waals surface area (Å²) >= 11 is 0. The largest absolute Gasteiger partial charge is 0.497 e. The van der Waals surface area contributed by atoms with Gasteiger partial charge in [-0.1, -0.05) is 12.1 Å². The molecule has 2 aromatic carbocycles. The van der Waals surface area contributed by atoms with Gasteiger partial charge in [0.1, 0.15) is 11.6 Å². The summed E-state index contributed by atoms with van der Waals surface area (Å²) in [6.45, 7) is 0.974. The maximum Gasteiger partial charge on any atom is 0.256 e. The van der Waals surface area contributed by atoms with E-state index in [1.165, 1.54) is 12.1 Å². The second-order valence-corrected chi connectivity index (χ2v) is 6.25. The van der Waals surface area contributed by atoms with E-state index in [2.05, 4.69) is 5.32 Å². The maximum absolute atomic E-state index is 13.8. The molecule has 0 radical (unpaired) electrons. The zero-order valence-electron chi connectivity index (χ0n) is 14.6. The van der Waals surface area contributed by atoms with Crippen molar-refractivity contribution in [3.05, 3.63) is 65.5 Å². The van der Waals surface area contributed by atoms with E-state index in [1.54, 1.807) is 48.4 Å². The molecule has 1 fully saturated rings. The van der Waals surface area contributed by atoms with Gasteiger partial charge in [0.15, 0.2) is 0 Å². The third-order valence-electron chi connectivity index (χ3n) is 4.57. The normalized spacial score (nSPS) is 14.8. The van der Waals surface area contributed by atoms with E-state index in [4.69, 9.17) is 4.74 Å². The molecule has 0 saturated carbocycles. The summed E-state index contributed by atoms with van der Waals surface area (Å²) in [5, 5.41) is 2.99. The summed E-state index contributed by atoms with van der Waals surface area (Å²) in [5.41, 5.74) is 0.656.